The Morgan fingerprint density at radius 3 is 2.62 bits per heavy atom. The number of nitrogens with one attached hydrogen (secondary N) is 1. The zero-order valence-electron chi connectivity index (χ0n) is 21.9. The van der Waals surface area contributed by atoms with Crippen LogP contribution < -0.4 is 5.32 Å². The molecule has 196 valence electrons. The molecule has 0 unspecified atom stereocenters. The van der Waals surface area contributed by atoms with E-state index in [0.29, 0.717) is 23.7 Å². The number of halogens is 1. The first kappa shape index (κ1) is 25.8. The first-order valence-electron chi connectivity index (χ1n) is 13.8. The molecule has 0 bridgehead atoms. The average Bonchev–Trinajstić information content (AvgIpc) is 2.91. The lowest BCUT2D eigenvalue weighted by molar-refractivity contribution is 0.0251. The highest BCUT2D eigenvalue weighted by Crippen LogP contribution is 2.29. The summed E-state index contributed by atoms with van der Waals surface area (Å²) in [5, 5.41) is 13.0. The molecule has 2 saturated heterocycles. The van der Waals surface area contributed by atoms with Gasteiger partial charge in [-0.3, -0.25) is 9.69 Å². The van der Waals surface area contributed by atoms with E-state index in [2.05, 4.69) is 21.2 Å². The SMILES string of the molecule is CN(C[C@@H](CCN1CC(N2CCNCC2)C1)c1ccc(F)cc1)C(=O)c1cc(C#N)cc2c1CCCC2. The standard InChI is InChI=1S/C30H38FN5O/c1-34(30(37)29-17-22(18-32)16-24-4-2-3-5-28(24)29)19-25(23-6-8-26(31)9-7-23)10-13-35-20-27(21-35)36-14-11-33-12-15-36/h6-9,16-17,25,27,33H,2-5,10-15,19-21H2,1H3/t25-/m1/s1. The maximum absolute atomic E-state index is 13.7. The van der Waals surface area contributed by atoms with Gasteiger partial charge in [-0.2, -0.15) is 5.26 Å². The fraction of sp³-hybridized carbons (Fsp3) is 0.533. The van der Waals surface area contributed by atoms with Crippen LogP contribution in [0.5, 0.6) is 0 Å². The number of amides is 1. The fourth-order valence-electron chi connectivity index (χ4n) is 6.18. The van der Waals surface area contributed by atoms with Crippen LogP contribution in [0.15, 0.2) is 36.4 Å². The Morgan fingerprint density at radius 1 is 1.16 bits per heavy atom. The predicted octanol–water partition coefficient (Wildman–Crippen LogP) is 3.41. The van der Waals surface area contributed by atoms with Gasteiger partial charge in [0.15, 0.2) is 0 Å². The number of fused-ring (bicyclic) bond motifs is 1. The quantitative estimate of drug-likeness (QED) is 0.598. The molecule has 1 amide bonds. The summed E-state index contributed by atoms with van der Waals surface area (Å²) >= 11 is 0. The average molecular weight is 504 g/mol. The van der Waals surface area contributed by atoms with Crippen molar-refractivity contribution < 1.29 is 9.18 Å². The molecule has 0 spiro atoms. The summed E-state index contributed by atoms with van der Waals surface area (Å²) in [6, 6.07) is 13.4. The van der Waals surface area contributed by atoms with E-state index in [4.69, 9.17) is 0 Å². The molecule has 6 nitrogen and oxygen atoms in total. The van der Waals surface area contributed by atoms with Crippen molar-refractivity contribution in [1.29, 1.82) is 5.26 Å². The summed E-state index contributed by atoms with van der Waals surface area (Å²) in [6.45, 7) is 8.11. The van der Waals surface area contributed by atoms with E-state index in [1.54, 1.807) is 11.0 Å². The molecule has 2 heterocycles. The highest BCUT2D eigenvalue weighted by Gasteiger charge is 2.32. The summed E-state index contributed by atoms with van der Waals surface area (Å²) in [7, 11) is 1.86. The van der Waals surface area contributed by atoms with Crippen LogP contribution in [0, 0.1) is 17.1 Å². The van der Waals surface area contributed by atoms with Crippen LogP contribution in [-0.2, 0) is 12.8 Å². The molecule has 5 rings (SSSR count). The summed E-state index contributed by atoms with van der Waals surface area (Å²) in [6.07, 6.45) is 4.90. The van der Waals surface area contributed by atoms with Crippen molar-refractivity contribution in [1.82, 2.24) is 20.0 Å². The first-order valence-corrected chi connectivity index (χ1v) is 13.8. The summed E-state index contributed by atoms with van der Waals surface area (Å²) < 4.78 is 13.7. The minimum atomic E-state index is -0.242. The Balaban J connectivity index is 1.26. The van der Waals surface area contributed by atoms with Gasteiger partial charge in [-0.05, 0) is 79.6 Å². The maximum Gasteiger partial charge on any atom is 0.253 e. The second kappa shape index (κ2) is 11.7. The van der Waals surface area contributed by atoms with Crippen molar-refractivity contribution in [2.45, 2.75) is 44.1 Å². The van der Waals surface area contributed by atoms with Crippen molar-refractivity contribution in [3.8, 4) is 6.07 Å². The number of carbonyl (C=O) groups excluding carboxylic acids is 1. The van der Waals surface area contributed by atoms with Gasteiger partial charge in [0, 0.05) is 70.4 Å². The summed E-state index contributed by atoms with van der Waals surface area (Å²) in [5.74, 6) is -0.152. The Hall–Kier alpha value is -2.79. The Labute approximate surface area is 220 Å². The topological polar surface area (TPSA) is 62.6 Å². The highest BCUT2D eigenvalue weighted by atomic mass is 19.1. The van der Waals surface area contributed by atoms with E-state index in [1.165, 1.54) is 12.1 Å². The molecule has 0 saturated carbocycles. The number of hydrogen-bond donors (Lipinski definition) is 1. The van der Waals surface area contributed by atoms with Crippen LogP contribution in [0.1, 0.15) is 57.8 Å². The lowest BCUT2D eigenvalue weighted by Crippen LogP contribution is -2.62. The lowest BCUT2D eigenvalue weighted by atomic mass is 9.86. The van der Waals surface area contributed by atoms with Crippen LogP contribution in [0.2, 0.25) is 0 Å². The molecule has 1 N–H and O–H groups in total. The number of hydrogen-bond acceptors (Lipinski definition) is 5. The van der Waals surface area contributed by atoms with Crippen LogP contribution in [-0.4, -0.2) is 86.1 Å². The molecule has 2 aromatic carbocycles. The first-order chi connectivity index (χ1) is 18.0. The normalized spacial score (nSPS) is 19.5. The Bertz CT molecular complexity index is 1130. The molecule has 1 aliphatic carbocycles. The minimum absolute atomic E-state index is 0.0231. The molecular weight excluding hydrogens is 465 g/mol. The molecular formula is C30H38FN5O. The van der Waals surface area contributed by atoms with Gasteiger partial charge in [0.25, 0.3) is 5.91 Å². The molecule has 2 fully saturated rings. The highest BCUT2D eigenvalue weighted by molar-refractivity contribution is 5.96. The third-order valence-electron chi connectivity index (χ3n) is 8.41. The van der Waals surface area contributed by atoms with Crippen LogP contribution in [0.3, 0.4) is 0 Å². The zero-order chi connectivity index (χ0) is 25.8. The molecule has 37 heavy (non-hydrogen) atoms. The van der Waals surface area contributed by atoms with E-state index in [-0.39, 0.29) is 17.6 Å². The van der Waals surface area contributed by atoms with Crippen molar-refractivity contribution in [3.63, 3.8) is 0 Å². The maximum atomic E-state index is 13.7. The van der Waals surface area contributed by atoms with Crippen LogP contribution >= 0.6 is 0 Å². The van der Waals surface area contributed by atoms with Crippen molar-refractivity contribution in [3.05, 3.63) is 70.0 Å². The number of carbonyl (C=O) groups is 1. The molecule has 1 atom stereocenters. The van der Waals surface area contributed by atoms with Gasteiger partial charge in [-0.15, -0.1) is 0 Å². The number of benzene rings is 2. The van der Waals surface area contributed by atoms with Gasteiger partial charge in [-0.1, -0.05) is 12.1 Å². The second-order valence-electron chi connectivity index (χ2n) is 10.9. The van der Waals surface area contributed by atoms with Crippen molar-refractivity contribution in [2.24, 2.45) is 0 Å². The number of rotatable bonds is 8. The van der Waals surface area contributed by atoms with Gasteiger partial charge >= 0.3 is 0 Å². The third kappa shape index (κ3) is 6.04. The molecule has 3 aliphatic rings. The smallest absolute Gasteiger partial charge is 0.253 e. The molecule has 7 heteroatoms. The van der Waals surface area contributed by atoms with E-state index < -0.39 is 0 Å². The number of nitrogens with zero attached hydrogens (tertiary/aromatic N) is 4. The number of piperazine rings is 1. The molecule has 0 aromatic heterocycles. The van der Waals surface area contributed by atoms with Gasteiger partial charge in [0.1, 0.15) is 5.82 Å². The van der Waals surface area contributed by atoms with Crippen molar-refractivity contribution >= 4 is 5.91 Å². The molecule has 0 radical (unpaired) electrons. The van der Waals surface area contributed by atoms with Gasteiger partial charge < -0.3 is 15.1 Å². The largest absolute Gasteiger partial charge is 0.341 e. The van der Waals surface area contributed by atoms with Crippen LogP contribution in [0.25, 0.3) is 0 Å². The lowest BCUT2D eigenvalue weighted by Gasteiger charge is -2.47. The van der Waals surface area contributed by atoms with Gasteiger partial charge in [-0.25, -0.2) is 4.39 Å². The Morgan fingerprint density at radius 2 is 1.89 bits per heavy atom. The minimum Gasteiger partial charge on any atom is -0.341 e. The number of nitriles is 1. The van der Waals surface area contributed by atoms with Gasteiger partial charge in [0.05, 0.1) is 11.6 Å². The second-order valence-corrected chi connectivity index (χ2v) is 10.9. The van der Waals surface area contributed by atoms with E-state index in [9.17, 15) is 14.4 Å². The van der Waals surface area contributed by atoms with E-state index >= 15 is 0 Å². The van der Waals surface area contributed by atoms with Crippen molar-refractivity contribution in [2.75, 3.05) is 59.4 Å². The Kier molecular flexibility index (Phi) is 8.19. The molecule has 2 aliphatic heterocycles. The number of likely N-dealkylation sites (N-methyl/N-ethyl adjacent to an activating group) is 1. The summed E-state index contributed by atoms with van der Waals surface area (Å²) in [4.78, 5) is 20.6. The third-order valence-corrected chi connectivity index (χ3v) is 8.41. The van der Waals surface area contributed by atoms with E-state index in [0.717, 1.165) is 94.6 Å². The molecule has 2 aromatic rings. The van der Waals surface area contributed by atoms with Crippen LogP contribution in [0.4, 0.5) is 4.39 Å². The summed E-state index contributed by atoms with van der Waals surface area (Å²) in [5.41, 5.74) is 4.56. The predicted molar refractivity (Wildman–Crippen MR) is 143 cm³/mol. The number of aryl methyl sites for hydroxylation is 1. The van der Waals surface area contributed by atoms with Gasteiger partial charge in [0.2, 0.25) is 0 Å². The monoisotopic (exact) mass is 503 g/mol. The fourth-order valence-corrected chi connectivity index (χ4v) is 6.18. The number of likely N-dealkylation sites (tertiary alicyclic amines) is 1. The van der Waals surface area contributed by atoms with E-state index in [1.807, 2.05) is 25.2 Å². The zero-order valence-corrected chi connectivity index (χ0v) is 21.9.